The van der Waals surface area contributed by atoms with E-state index in [0.717, 1.165) is 5.69 Å². The Balaban J connectivity index is 3.10. The second kappa shape index (κ2) is 7.09. The molecule has 0 fully saturated rings. The molecule has 1 amide bonds. The number of carbonyl (C=O) groups excluding carboxylic acids is 1. The van der Waals surface area contributed by atoms with E-state index in [1.165, 1.54) is 4.90 Å². The molecule has 20 heavy (non-hydrogen) atoms. The van der Waals surface area contributed by atoms with Crippen molar-refractivity contribution >= 4 is 29.1 Å². The summed E-state index contributed by atoms with van der Waals surface area (Å²) in [5.74, 6) is -1.05. The molecule has 0 aromatic carbocycles. The number of halogens is 3. The van der Waals surface area contributed by atoms with E-state index in [1.54, 1.807) is 11.7 Å². The molecular weight excluding hydrogens is 304 g/mol. The third-order valence-corrected chi connectivity index (χ3v) is 3.53. The van der Waals surface area contributed by atoms with Gasteiger partial charge in [0.2, 0.25) is 5.91 Å². The van der Waals surface area contributed by atoms with E-state index in [0.29, 0.717) is 10.7 Å². The van der Waals surface area contributed by atoms with Gasteiger partial charge in [0.15, 0.2) is 0 Å². The third kappa shape index (κ3) is 3.96. The van der Waals surface area contributed by atoms with Crippen molar-refractivity contribution in [2.24, 2.45) is 7.05 Å². The molecule has 0 aliphatic heterocycles. The van der Waals surface area contributed by atoms with Gasteiger partial charge < -0.3 is 4.90 Å². The topological polar surface area (TPSA) is 38.1 Å². The number of amides is 1. The first kappa shape index (κ1) is 17.0. The molecule has 0 aliphatic rings. The predicted molar refractivity (Wildman–Crippen MR) is 78.7 cm³/mol. The van der Waals surface area contributed by atoms with Crippen molar-refractivity contribution in [1.29, 1.82) is 0 Å². The van der Waals surface area contributed by atoms with Gasteiger partial charge in [-0.25, -0.2) is 4.39 Å². The highest BCUT2D eigenvalue weighted by atomic mass is 35.5. The van der Waals surface area contributed by atoms with Crippen molar-refractivity contribution in [2.75, 3.05) is 12.4 Å². The van der Waals surface area contributed by atoms with E-state index in [-0.39, 0.29) is 30.8 Å². The number of rotatable bonds is 6. The van der Waals surface area contributed by atoms with Crippen LogP contribution in [0, 0.1) is 0 Å². The van der Waals surface area contributed by atoms with Crippen molar-refractivity contribution in [3.63, 3.8) is 0 Å². The van der Waals surface area contributed by atoms with Crippen molar-refractivity contribution in [2.45, 2.75) is 26.3 Å². The zero-order chi connectivity index (χ0) is 15.4. The van der Waals surface area contributed by atoms with Crippen LogP contribution >= 0.6 is 23.2 Å². The molecule has 0 saturated carbocycles. The fourth-order valence-corrected chi connectivity index (χ4v) is 2.26. The maximum absolute atomic E-state index is 13.0. The fraction of sp³-hybridized carbons (Fsp3) is 0.538. The van der Waals surface area contributed by atoms with Gasteiger partial charge >= 0.3 is 0 Å². The molecule has 4 nitrogen and oxygen atoms in total. The Morgan fingerprint density at radius 1 is 1.55 bits per heavy atom. The first-order valence-corrected chi connectivity index (χ1v) is 7.07. The first-order valence-electron chi connectivity index (χ1n) is 6.16. The summed E-state index contributed by atoms with van der Waals surface area (Å²) in [5.41, 5.74) is 1.50. The van der Waals surface area contributed by atoms with Gasteiger partial charge in [0.05, 0.1) is 18.8 Å². The van der Waals surface area contributed by atoms with Crippen molar-refractivity contribution in [1.82, 2.24) is 14.7 Å². The van der Waals surface area contributed by atoms with Crippen molar-refractivity contribution in [3.8, 4) is 0 Å². The number of hydrogen-bond donors (Lipinski definition) is 0. The second-order valence-electron chi connectivity index (χ2n) is 4.83. The molecule has 1 aromatic rings. The van der Waals surface area contributed by atoms with Crippen LogP contribution in [-0.2, 0) is 18.4 Å². The highest BCUT2D eigenvalue weighted by molar-refractivity contribution is 6.30. The fourth-order valence-electron chi connectivity index (χ4n) is 1.89. The standard InChI is InChI=1S/C13H18Cl2FN3O/c1-8(2)12-10(13(15)18(4)17-12)7-19(6-9(3)16)11(20)5-14/h8H,3,5-7H2,1-2,4H3. The van der Waals surface area contributed by atoms with Crippen molar-refractivity contribution < 1.29 is 9.18 Å². The summed E-state index contributed by atoms with van der Waals surface area (Å²) < 4.78 is 14.6. The minimum atomic E-state index is -0.602. The highest BCUT2D eigenvalue weighted by Gasteiger charge is 2.22. The Morgan fingerprint density at radius 3 is 2.60 bits per heavy atom. The largest absolute Gasteiger partial charge is 0.330 e. The van der Waals surface area contributed by atoms with Crippen LogP contribution in [0.3, 0.4) is 0 Å². The molecule has 112 valence electrons. The third-order valence-electron chi connectivity index (χ3n) is 2.83. The zero-order valence-electron chi connectivity index (χ0n) is 11.8. The van der Waals surface area contributed by atoms with E-state index in [4.69, 9.17) is 23.2 Å². The van der Waals surface area contributed by atoms with Gasteiger partial charge in [0.25, 0.3) is 0 Å². The van der Waals surface area contributed by atoms with Crippen LogP contribution in [0.15, 0.2) is 12.4 Å². The van der Waals surface area contributed by atoms with E-state index in [2.05, 4.69) is 11.7 Å². The lowest BCUT2D eigenvalue weighted by Crippen LogP contribution is -2.33. The SMILES string of the molecule is C=C(F)CN(Cc1c(C(C)C)nn(C)c1Cl)C(=O)CCl. The maximum atomic E-state index is 13.0. The summed E-state index contributed by atoms with van der Waals surface area (Å²) in [6.45, 7) is 7.09. The number of hydrogen-bond acceptors (Lipinski definition) is 2. The molecule has 1 aromatic heterocycles. The van der Waals surface area contributed by atoms with Crippen LogP contribution in [0.25, 0.3) is 0 Å². The van der Waals surface area contributed by atoms with Gasteiger partial charge in [-0.2, -0.15) is 5.10 Å². The molecule has 0 aliphatic carbocycles. The van der Waals surface area contributed by atoms with E-state index < -0.39 is 5.83 Å². The Labute approximate surface area is 128 Å². The quantitative estimate of drug-likeness (QED) is 0.754. The van der Waals surface area contributed by atoms with Gasteiger partial charge in [-0.3, -0.25) is 9.48 Å². The van der Waals surface area contributed by atoms with Gasteiger partial charge in [-0.05, 0) is 5.92 Å². The monoisotopic (exact) mass is 321 g/mol. The van der Waals surface area contributed by atoms with E-state index in [1.807, 2.05) is 13.8 Å². The average molecular weight is 322 g/mol. The number of aryl methyl sites for hydroxylation is 1. The summed E-state index contributed by atoms with van der Waals surface area (Å²) in [6, 6.07) is 0. The molecule has 0 atom stereocenters. The Kier molecular flexibility index (Phi) is 6.02. The normalized spacial score (nSPS) is 10.9. The molecular formula is C13H18Cl2FN3O. The molecule has 0 N–H and O–H groups in total. The van der Waals surface area contributed by atoms with Crippen LogP contribution < -0.4 is 0 Å². The Morgan fingerprint density at radius 2 is 2.15 bits per heavy atom. The Bertz CT molecular complexity index is 514. The molecule has 1 rings (SSSR count). The van der Waals surface area contributed by atoms with Crippen LogP contribution in [0.2, 0.25) is 5.15 Å². The number of alkyl halides is 1. The molecule has 0 bridgehead atoms. The molecule has 0 spiro atoms. The predicted octanol–water partition coefficient (Wildman–Crippen LogP) is 3.25. The highest BCUT2D eigenvalue weighted by Crippen LogP contribution is 2.27. The van der Waals surface area contributed by atoms with Crippen LogP contribution in [0.5, 0.6) is 0 Å². The first-order chi connectivity index (χ1) is 9.27. The van der Waals surface area contributed by atoms with Crippen LogP contribution in [-0.4, -0.2) is 33.0 Å². The molecule has 1 heterocycles. The van der Waals surface area contributed by atoms with Gasteiger partial charge in [-0.1, -0.05) is 32.0 Å². The molecule has 0 unspecified atom stereocenters. The maximum Gasteiger partial charge on any atom is 0.238 e. The smallest absolute Gasteiger partial charge is 0.238 e. The number of nitrogens with zero attached hydrogens (tertiary/aromatic N) is 3. The van der Waals surface area contributed by atoms with Gasteiger partial charge in [0.1, 0.15) is 16.9 Å². The van der Waals surface area contributed by atoms with Crippen LogP contribution in [0.4, 0.5) is 4.39 Å². The van der Waals surface area contributed by atoms with E-state index in [9.17, 15) is 9.18 Å². The van der Waals surface area contributed by atoms with Gasteiger partial charge in [0, 0.05) is 12.6 Å². The molecule has 7 heteroatoms. The Hall–Kier alpha value is -1.07. The average Bonchev–Trinajstić information content (AvgIpc) is 2.64. The van der Waals surface area contributed by atoms with Crippen molar-refractivity contribution in [3.05, 3.63) is 28.8 Å². The lowest BCUT2D eigenvalue weighted by atomic mass is 10.1. The van der Waals surface area contributed by atoms with Crippen LogP contribution in [0.1, 0.15) is 31.0 Å². The lowest BCUT2D eigenvalue weighted by Gasteiger charge is -2.21. The second-order valence-corrected chi connectivity index (χ2v) is 5.46. The summed E-state index contributed by atoms with van der Waals surface area (Å²) in [4.78, 5) is 13.0. The minimum absolute atomic E-state index is 0.144. The summed E-state index contributed by atoms with van der Waals surface area (Å²) in [7, 11) is 1.72. The summed E-state index contributed by atoms with van der Waals surface area (Å²) in [5, 5.41) is 4.76. The lowest BCUT2D eigenvalue weighted by molar-refractivity contribution is -0.128. The number of carbonyl (C=O) groups is 1. The number of aromatic nitrogens is 2. The molecule has 0 radical (unpaired) electrons. The van der Waals surface area contributed by atoms with Gasteiger partial charge in [-0.15, -0.1) is 11.6 Å². The van der Waals surface area contributed by atoms with E-state index >= 15 is 0 Å². The summed E-state index contributed by atoms with van der Waals surface area (Å²) >= 11 is 11.7. The summed E-state index contributed by atoms with van der Waals surface area (Å²) in [6.07, 6.45) is 0. The minimum Gasteiger partial charge on any atom is -0.330 e. The molecule has 0 saturated heterocycles. The zero-order valence-corrected chi connectivity index (χ0v) is 13.3.